The van der Waals surface area contributed by atoms with E-state index in [0.29, 0.717) is 12.5 Å². The van der Waals surface area contributed by atoms with E-state index in [0.717, 1.165) is 25.0 Å². The van der Waals surface area contributed by atoms with Crippen molar-refractivity contribution in [3.8, 4) is 0 Å². The second-order valence-corrected chi connectivity index (χ2v) is 7.93. The molecule has 124 valence electrons. The standard InChI is InChI=1S/C16H22N4O2S/c1-12-3-4-14-15(9-12)18-7-5-16(14)20-10-13(11-20)6-8-19(2)23(17,21)22/h3-5,7,9,13H,6,8,10-11H2,1-2H3,(H2,17,21,22). The fraction of sp³-hybridized carbons (Fsp3) is 0.438. The van der Waals surface area contributed by atoms with Crippen molar-refractivity contribution >= 4 is 26.8 Å². The summed E-state index contributed by atoms with van der Waals surface area (Å²) in [5.41, 5.74) is 3.42. The third-order valence-corrected chi connectivity index (χ3v) is 5.51. The molecule has 1 aliphatic heterocycles. The lowest BCUT2D eigenvalue weighted by Crippen LogP contribution is -2.48. The Morgan fingerprint density at radius 3 is 2.78 bits per heavy atom. The third kappa shape index (κ3) is 3.46. The minimum atomic E-state index is -3.57. The summed E-state index contributed by atoms with van der Waals surface area (Å²) < 4.78 is 23.6. The smallest absolute Gasteiger partial charge is 0.276 e. The molecule has 2 N–H and O–H groups in total. The second kappa shape index (κ2) is 6.07. The van der Waals surface area contributed by atoms with Gasteiger partial charge < -0.3 is 4.90 Å². The number of nitrogens with two attached hydrogens (primary N) is 1. The molecular formula is C16H22N4O2S. The average molecular weight is 334 g/mol. The van der Waals surface area contributed by atoms with Crippen LogP contribution in [0, 0.1) is 12.8 Å². The molecule has 1 aromatic carbocycles. The van der Waals surface area contributed by atoms with Crippen molar-refractivity contribution in [1.82, 2.24) is 9.29 Å². The number of aryl methyl sites for hydroxylation is 1. The van der Waals surface area contributed by atoms with Gasteiger partial charge in [-0.15, -0.1) is 0 Å². The van der Waals surface area contributed by atoms with Crippen LogP contribution in [-0.4, -0.2) is 44.4 Å². The van der Waals surface area contributed by atoms with Gasteiger partial charge in [0.1, 0.15) is 0 Å². The number of pyridine rings is 1. The molecule has 23 heavy (non-hydrogen) atoms. The Hall–Kier alpha value is -1.70. The summed E-state index contributed by atoms with van der Waals surface area (Å²) in [6.45, 7) is 4.40. The summed E-state index contributed by atoms with van der Waals surface area (Å²) >= 11 is 0. The molecule has 1 fully saturated rings. The van der Waals surface area contributed by atoms with Crippen molar-refractivity contribution in [2.24, 2.45) is 11.1 Å². The number of rotatable bonds is 5. The topological polar surface area (TPSA) is 79.5 Å². The summed E-state index contributed by atoms with van der Waals surface area (Å²) in [5, 5.41) is 6.26. The Bertz CT molecular complexity index is 816. The van der Waals surface area contributed by atoms with Crippen LogP contribution in [0.25, 0.3) is 10.9 Å². The molecule has 0 spiro atoms. The first-order chi connectivity index (χ1) is 10.8. The number of benzene rings is 1. The van der Waals surface area contributed by atoms with Gasteiger partial charge >= 0.3 is 0 Å². The largest absolute Gasteiger partial charge is 0.370 e. The molecule has 1 aliphatic rings. The van der Waals surface area contributed by atoms with Gasteiger partial charge in [0.25, 0.3) is 10.2 Å². The van der Waals surface area contributed by atoms with E-state index in [4.69, 9.17) is 5.14 Å². The highest BCUT2D eigenvalue weighted by Crippen LogP contribution is 2.32. The van der Waals surface area contributed by atoms with Crippen LogP contribution in [0.5, 0.6) is 0 Å². The van der Waals surface area contributed by atoms with Crippen LogP contribution in [0.4, 0.5) is 5.69 Å². The minimum absolute atomic E-state index is 0.466. The zero-order chi connectivity index (χ0) is 16.6. The SMILES string of the molecule is Cc1ccc2c(N3CC(CCN(C)S(N)(=O)=O)C3)ccnc2c1. The number of anilines is 1. The average Bonchev–Trinajstić information content (AvgIpc) is 2.44. The van der Waals surface area contributed by atoms with E-state index in [1.54, 1.807) is 0 Å². The molecule has 0 saturated carbocycles. The Morgan fingerprint density at radius 2 is 2.09 bits per heavy atom. The fourth-order valence-corrected chi connectivity index (χ4v) is 3.32. The first-order valence-electron chi connectivity index (χ1n) is 7.69. The molecule has 7 heteroatoms. The van der Waals surface area contributed by atoms with Crippen LogP contribution in [0.3, 0.4) is 0 Å². The van der Waals surface area contributed by atoms with Crippen molar-refractivity contribution in [3.63, 3.8) is 0 Å². The molecule has 0 aliphatic carbocycles. The predicted octanol–water partition coefficient (Wildman–Crippen LogP) is 1.50. The van der Waals surface area contributed by atoms with E-state index < -0.39 is 10.2 Å². The molecule has 0 atom stereocenters. The maximum Gasteiger partial charge on any atom is 0.276 e. The van der Waals surface area contributed by atoms with Gasteiger partial charge in [0, 0.05) is 44.0 Å². The van der Waals surface area contributed by atoms with Gasteiger partial charge in [0.2, 0.25) is 0 Å². The molecule has 1 saturated heterocycles. The zero-order valence-electron chi connectivity index (χ0n) is 13.4. The monoisotopic (exact) mass is 334 g/mol. The third-order valence-electron chi connectivity index (χ3n) is 4.46. The molecule has 6 nitrogen and oxygen atoms in total. The van der Waals surface area contributed by atoms with Crippen LogP contribution in [0.1, 0.15) is 12.0 Å². The van der Waals surface area contributed by atoms with E-state index >= 15 is 0 Å². The van der Waals surface area contributed by atoms with Crippen molar-refractivity contribution in [3.05, 3.63) is 36.0 Å². The Morgan fingerprint density at radius 1 is 1.35 bits per heavy atom. The van der Waals surface area contributed by atoms with Crippen molar-refractivity contribution in [2.75, 3.05) is 31.6 Å². The van der Waals surface area contributed by atoms with E-state index in [1.165, 1.54) is 28.0 Å². The first kappa shape index (κ1) is 16.2. The van der Waals surface area contributed by atoms with Gasteiger partial charge in [-0.3, -0.25) is 4.98 Å². The molecule has 2 heterocycles. The zero-order valence-corrected chi connectivity index (χ0v) is 14.3. The first-order valence-corrected chi connectivity index (χ1v) is 9.19. The predicted molar refractivity (Wildman–Crippen MR) is 92.5 cm³/mol. The van der Waals surface area contributed by atoms with Gasteiger partial charge in [-0.1, -0.05) is 12.1 Å². The van der Waals surface area contributed by atoms with Gasteiger partial charge in [0.15, 0.2) is 0 Å². The molecule has 2 aromatic rings. The number of hydrogen-bond acceptors (Lipinski definition) is 4. The lowest BCUT2D eigenvalue weighted by Gasteiger charge is -2.42. The van der Waals surface area contributed by atoms with Crippen LogP contribution < -0.4 is 10.0 Å². The molecule has 0 amide bonds. The molecule has 0 bridgehead atoms. The molecule has 1 aromatic heterocycles. The summed E-state index contributed by atoms with van der Waals surface area (Å²) in [4.78, 5) is 6.76. The Kier molecular flexibility index (Phi) is 4.27. The molecule has 0 radical (unpaired) electrons. The highest BCUT2D eigenvalue weighted by atomic mass is 32.2. The maximum absolute atomic E-state index is 11.2. The van der Waals surface area contributed by atoms with Crippen LogP contribution in [0.15, 0.2) is 30.5 Å². The van der Waals surface area contributed by atoms with Crippen LogP contribution >= 0.6 is 0 Å². The molecule has 3 rings (SSSR count). The molecular weight excluding hydrogens is 312 g/mol. The lowest BCUT2D eigenvalue weighted by atomic mass is 9.95. The Balaban J connectivity index is 1.64. The summed E-state index contributed by atoms with van der Waals surface area (Å²) in [6.07, 6.45) is 2.67. The van der Waals surface area contributed by atoms with Crippen molar-refractivity contribution in [1.29, 1.82) is 0 Å². The fourth-order valence-electron chi connectivity index (χ4n) is 2.96. The van der Waals surface area contributed by atoms with Gasteiger partial charge in [0.05, 0.1) is 5.52 Å². The van der Waals surface area contributed by atoms with E-state index in [9.17, 15) is 8.42 Å². The summed E-state index contributed by atoms with van der Waals surface area (Å²) in [6, 6.07) is 8.36. The second-order valence-electron chi connectivity index (χ2n) is 6.28. The van der Waals surface area contributed by atoms with Crippen molar-refractivity contribution < 1.29 is 8.42 Å². The maximum atomic E-state index is 11.2. The molecule has 0 unspecified atom stereocenters. The highest BCUT2D eigenvalue weighted by Gasteiger charge is 2.28. The van der Waals surface area contributed by atoms with Crippen LogP contribution in [0.2, 0.25) is 0 Å². The quantitative estimate of drug-likeness (QED) is 0.899. The summed E-state index contributed by atoms with van der Waals surface area (Å²) in [5.74, 6) is 0.493. The van der Waals surface area contributed by atoms with Crippen molar-refractivity contribution in [2.45, 2.75) is 13.3 Å². The minimum Gasteiger partial charge on any atom is -0.370 e. The highest BCUT2D eigenvalue weighted by molar-refractivity contribution is 7.86. The van der Waals surface area contributed by atoms with Gasteiger partial charge in [-0.05, 0) is 37.0 Å². The normalized spacial score (nSPS) is 16.1. The van der Waals surface area contributed by atoms with Gasteiger partial charge in [-0.25, -0.2) is 5.14 Å². The number of fused-ring (bicyclic) bond motifs is 1. The van der Waals surface area contributed by atoms with E-state index in [2.05, 4.69) is 35.0 Å². The Labute approximate surface area is 137 Å². The number of aromatic nitrogens is 1. The van der Waals surface area contributed by atoms with E-state index in [1.807, 2.05) is 12.3 Å². The van der Waals surface area contributed by atoms with Gasteiger partial charge in [-0.2, -0.15) is 12.7 Å². The number of hydrogen-bond donors (Lipinski definition) is 1. The van der Waals surface area contributed by atoms with E-state index in [-0.39, 0.29) is 0 Å². The summed E-state index contributed by atoms with van der Waals surface area (Å²) in [7, 11) is -2.05. The number of nitrogens with zero attached hydrogens (tertiary/aromatic N) is 3. The lowest BCUT2D eigenvalue weighted by molar-refractivity contribution is 0.345. The van der Waals surface area contributed by atoms with Crippen LogP contribution in [-0.2, 0) is 10.2 Å².